The Morgan fingerprint density at radius 1 is 1.04 bits per heavy atom. The van der Waals surface area contributed by atoms with Crippen molar-refractivity contribution < 1.29 is 23.0 Å². The summed E-state index contributed by atoms with van der Waals surface area (Å²) in [6, 6.07) is 12.9. The van der Waals surface area contributed by atoms with Crippen LogP contribution in [0.2, 0.25) is 0 Å². The second-order valence-electron chi connectivity index (χ2n) is 4.50. The number of hydrogen-bond donors (Lipinski definition) is 1. The van der Waals surface area contributed by atoms with E-state index in [4.69, 9.17) is 4.74 Å². The number of nitrogens with one attached hydrogen (secondary N) is 1. The molecule has 2 aromatic carbocycles. The molecule has 0 bridgehead atoms. The molecule has 0 aromatic heterocycles. The molecule has 4 nitrogen and oxygen atoms in total. The van der Waals surface area contributed by atoms with Crippen molar-refractivity contribution in [1.82, 2.24) is 0 Å². The Hall–Kier alpha value is -2.89. The lowest BCUT2D eigenvalue weighted by molar-refractivity contribution is -0.111. The van der Waals surface area contributed by atoms with E-state index in [9.17, 15) is 13.6 Å². The molecule has 1 N–H and O–H groups in total. The van der Waals surface area contributed by atoms with Gasteiger partial charge in [-0.3, -0.25) is 4.79 Å². The number of methoxy groups -OCH3 is 1. The third kappa shape index (κ3) is 5.43. The van der Waals surface area contributed by atoms with Crippen LogP contribution in [-0.2, 0) is 4.79 Å². The van der Waals surface area contributed by atoms with Gasteiger partial charge in [-0.25, -0.2) is 0 Å². The summed E-state index contributed by atoms with van der Waals surface area (Å²) in [6.07, 6.45) is 2.93. The predicted molar refractivity (Wildman–Crippen MR) is 83.7 cm³/mol. The Kier molecular flexibility index (Phi) is 5.68. The highest BCUT2D eigenvalue weighted by Gasteiger charge is 2.03. The molecular formula is C17H15F2NO3. The molecule has 0 unspecified atom stereocenters. The van der Waals surface area contributed by atoms with E-state index in [1.807, 2.05) is 0 Å². The highest BCUT2D eigenvalue weighted by atomic mass is 19.3. The minimum absolute atomic E-state index is 0.0693. The average molecular weight is 319 g/mol. The first kappa shape index (κ1) is 16.5. The Labute approximate surface area is 132 Å². The van der Waals surface area contributed by atoms with Gasteiger partial charge in [0.1, 0.15) is 11.5 Å². The van der Waals surface area contributed by atoms with Crippen LogP contribution in [-0.4, -0.2) is 19.6 Å². The Balaban J connectivity index is 1.92. The molecular weight excluding hydrogens is 304 g/mol. The van der Waals surface area contributed by atoms with Gasteiger partial charge >= 0.3 is 6.61 Å². The van der Waals surface area contributed by atoms with Crippen LogP contribution >= 0.6 is 0 Å². The molecule has 0 radical (unpaired) electrons. The van der Waals surface area contributed by atoms with E-state index in [2.05, 4.69) is 10.1 Å². The van der Waals surface area contributed by atoms with Crippen LogP contribution in [0.5, 0.6) is 11.5 Å². The van der Waals surface area contributed by atoms with Crippen LogP contribution in [0.1, 0.15) is 5.56 Å². The molecule has 6 heteroatoms. The van der Waals surface area contributed by atoms with E-state index in [0.29, 0.717) is 17.0 Å². The molecule has 0 heterocycles. The summed E-state index contributed by atoms with van der Waals surface area (Å²) < 4.78 is 33.3. The van der Waals surface area contributed by atoms with Gasteiger partial charge in [0.25, 0.3) is 0 Å². The Bertz CT molecular complexity index is 667. The lowest BCUT2D eigenvalue weighted by atomic mass is 10.2. The van der Waals surface area contributed by atoms with Gasteiger partial charge in [-0.2, -0.15) is 8.78 Å². The highest BCUT2D eigenvalue weighted by Crippen LogP contribution is 2.16. The number of rotatable bonds is 6. The van der Waals surface area contributed by atoms with E-state index in [1.165, 1.54) is 18.2 Å². The van der Waals surface area contributed by atoms with Gasteiger partial charge in [0.15, 0.2) is 0 Å². The molecule has 2 aromatic rings. The van der Waals surface area contributed by atoms with Gasteiger partial charge in [-0.05, 0) is 48.0 Å². The second-order valence-corrected chi connectivity index (χ2v) is 4.50. The van der Waals surface area contributed by atoms with Crippen molar-refractivity contribution in [1.29, 1.82) is 0 Å². The molecule has 1 amide bonds. The van der Waals surface area contributed by atoms with E-state index < -0.39 is 6.61 Å². The van der Waals surface area contributed by atoms with Crippen LogP contribution in [0.15, 0.2) is 54.6 Å². The van der Waals surface area contributed by atoms with Crippen LogP contribution in [0.25, 0.3) is 6.08 Å². The van der Waals surface area contributed by atoms with E-state index in [0.717, 1.165) is 0 Å². The predicted octanol–water partition coefficient (Wildman–Crippen LogP) is 3.95. The SMILES string of the molecule is COc1ccc(NC(=O)/C=C/c2ccc(OC(F)F)cc2)cc1. The molecule has 0 atom stereocenters. The van der Waals surface area contributed by atoms with Crippen molar-refractivity contribution >= 4 is 17.7 Å². The van der Waals surface area contributed by atoms with E-state index in [1.54, 1.807) is 49.6 Å². The molecule has 0 spiro atoms. The number of benzene rings is 2. The van der Waals surface area contributed by atoms with Gasteiger partial charge in [-0.15, -0.1) is 0 Å². The summed E-state index contributed by atoms with van der Waals surface area (Å²) >= 11 is 0. The van der Waals surface area contributed by atoms with Gasteiger partial charge in [-0.1, -0.05) is 12.1 Å². The van der Waals surface area contributed by atoms with Gasteiger partial charge in [0, 0.05) is 11.8 Å². The summed E-state index contributed by atoms with van der Waals surface area (Å²) in [5.74, 6) is 0.465. The van der Waals surface area contributed by atoms with Crippen molar-refractivity contribution in [3.05, 3.63) is 60.2 Å². The summed E-state index contributed by atoms with van der Waals surface area (Å²) in [5.41, 5.74) is 1.33. The second kappa shape index (κ2) is 7.93. The standard InChI is InChI=1S/C17H15F2NO3/c1-22-14-9-5-13(6-10-14)20-16(21)11-4-12-2-7-15(8-3-12)23-17(18)19/h2-11,17H,1H3,(H,20,21)/b11-4+. The molecule has 0 fully saturated rings. The zero-order chi connectivity index (χ0) is 16.7. The molecule has 23 heavy (non-hydrogen) atoms. The van der Waals surface area contributed by atoms with Gasteiger partial charge in [0.05, 0.1) is 7.11 Å². The molecule has 0 aliphatic heterocycles. The summed E-state index contributed by atoms with van der Waals surface area (Å²) in [4.78, 5) is 11.8. The molecule has 0 aliphatic rings. The fraction of sp³-hybridized carbons (Fsp3) is 0.118. The highest BCUT2D eigenvalue weighted by molar-refractivity contribution is 6.01. The minimum atomic E-state index is -2.85. The molecule has 120 valence electrons. The number of carbonyl (C=O) groups excluding carboxylic acids is 1. The molecule has 0 saturated carbocycles. The fourth-order valence-corrected chi connectivity index (χ4v) is 1.79. The zero-order valence-corrected chi connectivity index (χ0v) is 12.3. The Morgan fingerprint density at radius 3 is 2.22 bits per heavy atom. The molecule has 0 aliphatic carbocycles. The molecule has 2 rings (SSSR count). The third-order valence-electron chi connectivity index (χ3n) is 2.89. The van der Waals surface area contributed by atoms with Crippen molar-refractivity contribution in [3.63, 3.8) is 0 Å². The van der Waals surface area contributed by atoms with E-state index >= 15 is 0 Å². The maximum atomic E-state index is 12.0. The third-order valence-corrected chi connectivity index (χ3v) is 2.89. The molecule has 0 saturated heterocycles. The lowest BCUT2D eigenvalue weighted by Crippen LogP contribution is -2.07. The number of alkyl halides is 2. The summed E-state index contributed by atoms with van der Waals surface area (Å²) in [5, 5.41) is 2.70. The Morgan fingerprint density at radius 2 is 1.65 bits per heavy atom. The van der Waals surface area contributed by atoms with Crippen LogP contribution in [0.3, 0.4) is 0 Å². The first-order valence-electron chi connectivity index (χ1n) is 6.75. The van der Waals surface area contributed by atoms with Crippen LogP contribution in [0, 0.1) is 0 Å². The number of ether oxygens (including phenoxy) is 2. The maximum absolute atomic E-state index is 12.0. The summed E-state index contributed by atoms with van der Waals surface area (Å²) in [7, 11) is 1.56. The van der Waals surface area contributed by atoms with E-state index in [-0.39, 0.29) is 11.7 Å². The van der Waals surface area contributed by atoms with Gasteiger partial charge in [0.2, 0.25) is 5.91 Å². The monoisotopic (exact) mass is 319 g/mol. The fourth-order valence-electron chi connectivity index (χ4n) is 1.79. The van der Waals surface area contributed by atoms with Crippen LogP contribution in [0.4, 0.5) is 14.5 Å². The summed E-state index contributed by atoms with van der Waals surface area (Å²) in [6.45, 7) is -2.85. The zero-order valence-electron chi connectivity index (χ0n) is 12.3. The minimum Gasteiger partial charge on any atom is -0.497 e. The van der Waals surface area contributed by atoms with Crippen molar-refractivity contribution in [3.8, 4) is 11.5 Å². The largest absolute Gasteiger partial charge is 0.497 e. The topological polar surface area (TPSA) is 47.6 Å². The average Bonchev–Trinajstić information content (AvgIpc) is 2.54. The number of carbonyl (C=O) groups is 1. The van der Waals surface area contributed by atoms with Crippen LogP contribution < -0.4 is 14.8 Å². The number of anilines is 1. The maximum Gasteiger partial charge on any atom is 0.387 e. The number of hydrogen-bond acceptors (Lipinski definition) is 3. The normalized spacial score (nSPS) is 10.8. The smallest absolute Gasteiger partial charge is 0.387 e. The van der Waals surface area contributed by atoms with Gasteiger partial charge < -0.3 is 14.8 Å². The van der Waals surface area contributed by atoms with Crippen molar-refractivity contribution in [2.45, 2.75) is 6.61 Å². The number of halogens is 2. The number of amides is 1. The lowest BCUT2D eigenvalue weighted by Gasteiger charge is -2.04. The first-order valence-corrected chi connectivity index (χ1v) is 6.75. The van der Waals surface area contributed by atoms with Crippen molar-refractivity contribution in [2.24, 2.45) is 0 Å². The quantitative estimate of drug-likeness (QED) is 0.820. The first-order chi connectivity index (χ1) is 11.1. The van der Waals surface area contributed by atoms with Crippen molar-refractivity contribution in [2.75, 3.05) is 12.4 Å².